The van der Waals surface area contributed by atoms with Gasteiger partial charge in [0.15, 0.2) is 0 Å². The van der Waals surface area contributed by atoms with Crippen LogP contribution in [0.3, 0.4) is 0 Å². The Morgan fingerprint density at radius 1 is 1.62 bits per heavy atom. The molecule has 0 spiro atoms. The molecule has 0 atom stereocenters. The molecule has 0 aliphatic heterocycles. The molecule has 0 nitrogen and oxygen atoms in total. The third-order valence-electron chi connectivity index (χ3n) is 0.332. The van der Waals surface area contributed by atoms with Crippen molar-refractivity contribution in [3.8, 4) is 0 Å². The smallest absolute Gasteiger partial charge is 0.422 e. The molecule has 0 bridgehead atoms. The van der Waals surface area contributed by atoms with E-state index < -0.39 is 0 Å². The number of thioether (sulfide) groups is 1. The molecular formula is C4H7NaS3. The van der Waals surface area contributed by atoms with E-state index in [0.717, 1.165) is 0 Å². The molecular weight excluding hydrogens is 167 g/mol. The monoisotopic (exact) mass is 174 g/mol. The minimum atomic E-state index is 0. The van der Waals surface area contributed by atoms with Crippen LogP contribution in [0.2, 0.25) is 0 Å². The molecule has 0 saturated heterocycles. The summed E-state index contributed by atoms with van der Waals surface area (Å²) in [5, 5.41) is 0.546. The predicted octanol–water partition coefficient (Wildman–Crippen LogP) is -1.04. The van der Waals surface area contributed by atoms with Crippen LogP contribution in [0, 0.1) is 0 Å². The quantitative estimate of drug-likeness (QED) is 0.283. The molecule has 0 unspecified atom stereocenters. The van der Waals surface area contributed by atoms with Crippen LogP contribution in [0.15, 0.2) is 0 Å². The maximum absolute atomic E-state index is 4.65. The maximum Gasteiger partial charge on any atom is 1.00 e. The average Bonchev–Trinajstić information content (AvgIpc) is 1.27. The third-order valence-corrected chi connectivity index (χ3v) is 1.57. The second kappa shape index (κ2) is 6.78. The maximum atomic E-state index is 4.65. The van der Waals surface area contributed by atoms with Crippen molar-refractivity contribution in [2.75, 3.05) is 0 Å². The fourth-order valence-corrected chi connectivity index (χ4v) is 1.73. The van der Waals surface area contributed by atoms with Crippen LogP contribution in [0.5, 0.6) is 0 Å². The summed E-state index contributed by atoms with van der Waals surface area (Å²) in [5.41, 5.74) is 0. The van der Waals surface area contributed by atoms with Crippen LogP contribution in [0.4, 0.5) is 0 Å². The fraction of sp³-hybridized carbons (Fsp3) is 0.750. The average molecular weight is 174 g/mol. The SMILES string of the molecule is CC(C)SC(=S)[S-].[Na+]. The van der Waals surface area contributed by atoms with Crippen molar-refractivity contribution in [3.05, 3.63) is 0 Å². The van der Waals surface area contributed by atoms with E-state index in [1.54, 1.807) is 11.8 Å². The summed E-state index contributed by atoms with van der Waals surface area (Å²) in [5.74, 6) is 0. The summed E-state index contributed by atoms with van der Waals surface area (Å²) in [6.45, 7) is 4.15. The first-order valence-corrected chi connectivity index (χ1v) is 3.70. The van der Waals surface area contributed by atoms with Gasteiger partial charge in [-0.3, -0.25) is 0 Å². The van der Waals surface area contributed by atoms with E-state index in [0.29, 0.717) is 8.78 Å². The van der Waals surface area contributed by atoms with Gasteiger partial charge in [0.25, 0.3) is 0 Å². The predicted molar refractivity (Wildman–Crippen MR) is 42.7 cm³/mol. The van der Waals surface area contributed by atoms with E-state index in [1.807, 2.05) is 0 Å². The van der Waals surface area contributed by atoms with Gasteiger partial charge < -0.3 is 24.8 Å². The van der Waals surface area contributed by atoms with Crippen molar-refractivity contribution in [3.63, 3.8) is 0 Å². The number of hydrogen-bond acceptors (Lipinski definition) is 3. The summed E-state index contributed by atoms with van der Waals surface area (Å²) in [7, 11) is 0. The van der Waals surface area contributed by atoms with Gasteiger partial charge >= 0.3 is 29.6 Å². The zero-order chi connectivity index (χ0) is 5.86. The zero-order valence-electron chi connectivity index (χ0n) is 5.30. The van der Waals surface area contributed by atoms with Crippen molar-refractivity contribution in [1.29, 1.82) is 0 Å². The zero-order valence-corrected chi connectivity index (χ0v) is 9.75. The Labute approximate surface area is 87.9 Å². The molecule has 8 heavy (non-hydrogen) atoms. The first kappa shape index (κ1) is 12.3. The summed E-state index contributed by atoms with van der Waals surface area (Å²) in [6, 6.07) is 0. The van der Waals surface area contributed by atoms with Crippen LogP contribution < -0.4 is 29.6 Å². The second-order valence-electron chi connectivity index (χ2n) is 1.42. The second-order valence-corrected chi connectivity index (χ2v) is 4.60. The number of thiocarbonyl (C=S) groups is 1. The topological polar surface area (TPSA) is 0 Å². The van der Waals surface area contributed by atoms with Gasteiger partial charge in [0.1, 0.15) is 0 Å². The summed E-state index contributed by atoms with van der Waals surface area (Å²) in [4.78, 5) is 0. The Bertz CT molecular complexity index is 71.7. The molecule has 0 fully saturated rings. The Balaban J connectivity index is 0. The van der Waals surface area contributed by atoms with E-state index in [4.69, 9.17) is 0 Å². The Morgan fingerprint density at radius 2 is 2.00 bits per heavy atom. The van der Waals surface area contributed by atoms with Crippen molar-refractivity contribution in [2.45, 2.75) is 19.1 Å². The molecule has 0 radical (unpaired) electrons. The molecule has 4 heteroatoms. The van der Waals surface area contributed by atoms with Gasteiger partial charge in [-0.1, -0.05) is 17.4 Å². The Hall–Kier alpha value is 1.66. The van der Waals surface area contributed by atoms with Gasteiger partial charge in [0, 0.05) is 5.25 Å². The Morgan fingerprint density at radius 3 is 2.00 bits per heavy atom. The van der Waals surface area contributed by atoms with Crippen molar-refractivity contribution < 1.29 is 29.6 Å². The third kappa shape index (κ3) is 10.6. The molecule has 0 amide bonds. The molecule has 42 valence electrons. The first-order chi connectivity index (χ1) is 3.13. The van der Waals surface area contributed by atoms with E-state index in [-0.39, 0.29) is 29.6 Å². The van der Waals surface area contributed by atoms with Gasteiger partial charge in [-0.15, -0.1) is 11.8 Å². The van der Waals surface area contributed by atoms with Crippen molar-refractivity contribution in [1.82, 2.24) is 0 Å². The van der Waals surface area contributed by atoms with Crippen LogP contribution in [0.25, 0.3) is 0 Å². The Kier molecular flexibility index (Phi) is 10.5. The molecule has 0 N–H and O–H groups in total. The normalized spacial score (nSPS) is 8.38. The van der Waals surface area contributed by atoms with Crippen LogP contribution in [0.1, 0.15) is 13.8 Å². The van der Waals surface area contributed by atoms with Crippen molar-refractivity contribution >= 4 is 40.1 Å². The minimum absolute atomic E-state index is 0. The van der Waals surface area contributed by atoms with Crippen molar-refractivity contribution in [2.24, 2.45) is 0 Å². The number of hydrogen-bond donors (Lipinski definition) is 0. The van der Waals surface area contributed by atoms with Crippen LogP contribution >= 0.6 is 24.0 Å². The van der Waals surface area contributed by atoms with Gasteiger partial charge in [-0.05, 0) is 0 Å². The van der Waals surface area contributed by atoms with E-state index in [9.17, 15) is 0 Å². The molecule has 0 aromatic rings. The van der Waals surface area contributed by atoms with E-state index in [2.05, 4.69) is 38.7 Å². The fourth-order valence-electron chi connectivity index (χ4n) is 0.192. The molecule has 0 heterocycles. The van der Waals surface area contributed by atoms with Crippen LogP contribution in [-0.2, 0) is 12.6 Å². The molecule has 0 aromatic heterocycles. The van der Waals surface area contributed by atoms with Gasteiger partial charge in [0.05, 0.1) is 0 Å². The van der Waals surface area contributed by atoms with E-state index >= 15 is 0 Å². The molecule has 0 rings (SSSR count). The largest absolute Gasteiger partial charge is 1.00 e. The standard InChI is InChI=1S/C4H8S3.Na/c1-3(2)7-4(5)6;/h3H,1-2H3,(H,5,6);/q;+1/p-1. The molecule has 0 aliphatic carbocycles. The van der Waals surface area contributed by atoms with Gasteiger partial charge in [-0.2, -0.15) is 0 Å². The van der Waals surface area contributed by atoms with Gasteiger partial charge in [-0.25, -0.2) is 0 Å². The molecule has 0 aromatic carbocycles. The summed E-state index contributed by atoms with van der Waals surface area (Å²) in [6.07, 6.45) is 0. The van der Waals surface area contributed by atoms with E-state index in [1.165, 1.54) is 0 Å². The van der Waals surface area contributed by atoms with Gasteiger partial charge in [0.2, 0.25) is 0 Å². The number of rotatable bonds is 1. The van der Waals surface area contributed by atoms with Crippen LogP contribution in [-0.4, -0.2) is 8.78 Å². The summed E-state index contributed by atoms with van der Waals surface area (Å²) >= 11 is 10.9. The molecule has 0 saturated carbocycles. The summed E-state index contributed by atoms with van der Waals surface area (Å²) < 4.78 is 0.620. The molecule has 0 aliphatic rings. The first-order valence-electron chi connectivity index (χ1n) is 2.00. The minimum Gasteiger partial charge on any atom is -0.422 e.